The number of nitrogens with two attached hydrogens (primary N) is 2. The number of rotatable bonds is 9. The summed E-state index contributed by atoms with van der Waals surface area (Å²) in [5.41, 5.74) is 11.3. The number of piperidine rings is 1. The van der Waals surface area contributed by atoms with Gasteiger partial charge >= 0.3 is 13.1 Å². The number of amides is 1. The fourth-order valence-corrected chi connectivity index (χ4v) is 3.45. The molecule has 1 aromatic carbocycles. The van der Waals surface area contributed by atoms with Crippen LogP contribution in [0.5, 0.6) is 0 Å². The lowest BCUT2D eigenvalue weighted by atomic mass is 9.75. The topological polar surface area (TPSA) is 159 Å². The lowest BCUT2D eigenvalue weighted by molar-refractivity contribution is -0.150. The molecule has 1 aliphatic heterocycles. The smallest absolute Gasteiger partial charge is 0.451 e. The molecule has 10 heteroatoms. The Morgan fingerprint density at radius 1 is 1.32 bits per heavy atom. The van der Waals surface area contributed by atoms with Crippen LogP contribution in [-0.4, -0.2) is 70.3 Å². The molecule has 2 rings (SSSR count). The molecule has 1 aliphatic rings. The van der Waals surface area contributed by atoms with Crippen LogP contribution in [0.25, 0.3) is 0 Å². The van der Waals surface area contributed by atoms with E-state index in [4.69, 9.17) is 26.3 Å². The van der Waals surface area contributed by atoms with Gasteiger partial charge in [-0.15, -0.1) is 0 Å². The summed E-state index contributed by atoms with van der Waals surface area (Å²) in [5.74, 6) is -1.90. The number of benzene rings is 1. The second kappa shape index (κ2) is 9.99. The molecule has 154 valence electrons. The first kappa shape index (κ1) is 22.3. The average Bonchev–Trinajstić information content (AvgIpc) is 2.66. The van der Waals surface area contributed by atoms with Crippen molar-refractivity contribution in [3.05, 3.63) is 35.9 Å². The van der Waals surface area contributed by atoms with E-state index >= 15 is 0 Å². The second-order valence-corrected chi connectivity index (χ2v) is 7.42. The van der Waals surface area contributed by atoms with Gasteiger partial charge < -0.3 is 36.3 Å². The Hall–Kier alpha value is -1.98. The highest BCUT2D eigenvalue weighted by Crippen LogP contribution is 2.28. The third-order valence-electron chi connectivity index (χ3n) is 4.90. The number of hydrogen-bond acceptors (Lipinski definition) is 7. The van der Waals surface area contributed by atoms with Crippen molar-refractivity contribution in [2.75, 3.05) is 19.7 Å². The first-order chi connectivity index (χ1) is 13.2. The molecule has 0 bridgehead atoms. The molecule has 0 aliphatic carbocycles. The zero-order valence-electron chi connectivity index (χ0n) is 15.7. The van der Waals surface area contributed by atoms with Crippen molar-refractivity contribution in [2.24, 2.45) is 17.4 Å². The zero-order chi connectivity index (χ0) is 20.7. The number of hydrogen-bond donors (Lipinski definition) is 5. The Bertz CT molecular complexity index is 662. The van der Waals surface area contributed by atoms with Gasteiger partial charge in [-0.3, -0.25) is 9.59 Å². The third-order valence-corrected chi connectivity index (χ3v) is 4.90. The van der Waals surface area contributed by atoms with Crippen LogP contribution in [0.15, 0.2) is 30.3 Å². The first-order valence-electron chi connectivity index (χ1n) is 9.25. The maximum absolute atomic E-state index is 12.7. The highest BCUT2D eigenvalue weighted by Gasteiger charge is 2.44. The van der Waals surface area contributed by atoms with Gasteiger partial charge in [0.2, 0.25) is 5.91 Å². The van der Waals surface area contributed by atoms with Crippen molar-refractivity contribution in [2.45, 2.75) is 37.3 Å². The van der Waals surface area contributed by atoms with Crippen LogP contribution in [0.1, 0.15) is 18.4 Å². The normalized spacial score (nSPS) is 23.3. The van der Waals surface area contributed by atoms with Crippen molar-refractivity contribution < 1.29 is 29.5 Å². The van der Waals surface area contributed by atoms with Crippen molar-refractivity contribution in [1.82, 2.24) is 4.90 Å². The Kier molecular flexibility index (Phi) is 7.96. The minimum atomic E-state index is -1.59. The summed E-state index contributed by atoms with van der Waals surface area (Å²) >= 11 is 0. The predicted octanol–water partition coefficient (Wildman–Crippen LogP) is -0.976. The number of nitrogens with zero attached hydrogens (tertiary/aromatic N) is 1. The summed E-state index contributed by atoms with van der Waals surface area (Å²) in [6.45, 7) is 0.430. The maximum Gasteiger partial charge on any atom is 0.451 e. The van der Waals surface area contributed by atoms with Crippen LogP contribution < -0.4 is 11.5 Å². The summed E-state index contributed by atoms with van der Waals surface area (Å²) in [7, 11) is -1.49. The molecule has 0 spiro atoms. The molecule has 9 nitrogen and oxygen atoms in total. The standard InChI is InChI=1S/C18H28BN3O6/c20-15(11-28-10-13-4-2-1-3-5-13)16(23)22-9-14(6-7-19(26)27)8-18(21,12-22)17(24)25/h1-5,14-15,26-27H,6-12,20-21H2,(H,24,25)/t14-,15?,18+/m0/s1. The fraction of sp³-hybridized carbons (Fsp3) is 0.556. The van der Waals surface area contributed by atoms with E-state index in [0.717, 1.165) is 5.56 Å². The molecule has 1 heterocycles. The molecule has 7 N–H and O–H groups in total. The Morgan fingerprint density at radius 3 is 2.61 bits per heavy atom. The molecule has 0 saturated carbocycles. The number of carbonyl (C=O) groups is 2. The van der Waals surface area contributed by atoms with E-state index in [1.54, 1.807) is 0 Å². The Morgan fingerprint density at radius 2 is 2.00 bits per heavy atom. The van der Waals surface area contributed by atoms with Gasteiger partial charge in [-0.2, -0.15) is 0 Å². The van der Waals surface area contributed by atoms with Gasteiger partial charge in [-0.25, -0.2) is 0 Å². The second-order valence-electron chi connectivity index (χ2n) is 7.42. The molecule has 28 heavy (non-hydrogen) atoms. The van der Waals surface area contributed by atoms with Gasteiger partial charge in [-0.1, -0.05) is 36.8 Å². The Balaban J connectivity index is 1.95. The monoisotopic (exact) mass is 393 g/mol. The van der Waals surface area contributed by atoms with Gasteiger partial charge in [0, 0.05) is 13.1 Å². The van der Waals surface area contributed by atoms with Gasteiger partial charge in [0.1, 0.15) is 11.6 Å². The maximum atomic E-state index is 12.7. The molecular formula is C18H28BN3O6. The van der Waals surface area contributed by atoms with Crippen molar-refractivity contribution >= 4 is 19.0 Å². The van der Waals surface area contributed by atoms with E-state index in [2.05, 4.69) is 0 Å². The lowest BCUT2D eigenvalue weighted by Gasteiger charge is -2.42. The summed E-state index contributed by atoms with van der Waals surface area (Å²) in [5, 5.41) is 27.6. The number of carboxylic acid groups (broad SMARTS) is 1. The van der Waals surface area contributed by atoms with Crippen LogP contribution in [0.2, 0.25) is 6.32 Å². The third kappa shape index (κ3) is 6.28. The Labute approximate surface area is 164 Å². The van der Waals surface area contributed by atoms with Crippen LogP contribution in [0.3, 0.4) is 0 Å². The van der Waals surface area contributed by atoms with E-state index < -0.39 is 30.6 Å². The van der Waals surface area contributed by atoms with Gasteiger partial charge in [-0.05, 0) is 24.2 Å². The van der Waals surface area contributed by atoms with E-state index in [-0.39, 0.29) is 38.4 Å². The van der Waals surface area contributed by atoms with Crippen LogP contribution in [0.4, 0.5) is 0 Å². The highest BCUT2D eigenvalue weighted by molar-refractivity contribution is 6.40. The van der Waals surface area contributed by atoms with Crippen LogP contribution >= 0.6 is 0 Å². The summed E-state index contributed by atoms with van der Waals surface area (Å²) in [4.78, 5) is 25.7. The van der Waals surface area contributed by atoms with E-state index in [1.807, 2.05) is 30.3 Å². The lowest BCUT2D eigenvalue weighted by Crippen LogP contribution is -2.64. The predicted molar refractivity (Wildman–Crippen MR) is 103 cm³/mol. The quantitative estimate of drug-likeness (QED) is 0.335. The molecule has 1 aromatic rings. The van der Waals surface area contributed by atoms with Crippen LogP contribution in [-0.2, 0) is 20.9 Å². The average molecular weight is 393 g/mol. The molecule has 0 radical (unpaired) electrons. The molecule has 1 fully saturated rings. The summed E-state index contributed by atoms with van der Waals surface area (Å²) in [6, 6.07) is 8.51. The van der Waals surface area contributed by atoms with Gasteiger partial charge in [0.15, 0.2) is 0 Å². The molecular weight excluding hydrogens is 365 g/mol. The van der Waals surface area contributed by atoms with E-state index in [9.17, 15) is 14.7 Å². The SMILES string of the molecule is NC(COCc1ccccc1)C(=O)N1C[C@@H](CCB(O)O)C[C@](N)(C(=O)O)C1. The largest absolute Gasteiger partial charge is 0.480 e. The van der Waals surface area contributed by atoms with E-state index in [1.165, 1.54) is 4.90 Å². The van der Waals surface area contributed by atoms with E-state index in [0.29, 0.717) is 13.0 Å². The minimum Gasteiger partial charge on any atom is -0.480 e. The zero-order valence-corrected chi connectivity index (χ0v) is 15.7. The number of carboxylic acids is 1. The molecule has 0 aromatic heterocycles. The molecule has 1 unspecified atom stereocenters. The van der Waals surface area contributed by atoms with Gasteiger partial charge in [0.05, 0.1) is 13.2 Å². The molecule has 1 amide bonds. The first-order valence-corrected chi connectivity index (χ1v) is 9.25. The highest BCUT2D eigenvalue weighted by atomic mass is 16.5. The number of carbonyl (C=O) groups excluding carboxylic acids is 1. The van der Waals surface area contributed by atoms with Crippen molar-refractivity contribution in [3.63, 3.8) is 0 Å². The number of ether oxygens (including phenoxy) is 1. The number of likely N-dealkylation sites (tertiary alicyclic amines) is 1. The summed E-state index contributed by atoms with van der Waals surface area (Å²) in [6.07, 6.45) is 0.570. The minimum absolute atomic E-state index is 0.00507. The molecule has 1 saturated heterocycles. The van der Waals surface area contributed by atoms with Crippen molar-refractivity contribution in [3.8, 4) is 0 Å². The number of aliphatic carboxylic acids is 1. The fourth-order valence-electron chi connectivity index (χ4n) is 3.45. The van der Waals surface area contributed by atoms with Crippen LogP contribution in [0, 0.1) is 5.92 Å². The molecule has 3 atom stereocenters. The summed E-state index contributed by atoms with van der Waals surface area (Å²) < 4.78 is 5.51. The van der Waals surface area contributed by atoms with Gasteiger partial charge in [0.25, 0.3) is 0 Å². The van der Waals surface area contributed by atoms with Crippen molar-refractivity contribution in [1.29, 1.82) is 0 Å².